The lowest BCUT2D eigenvalue weighted by atomic mass is 10.0. The Morgan fingerprint density at radius 3 is 2.65 bits per heavy atom. The van der Waals surface area contributed by atoms with E-state index in [9.17, 15) is 12.8 Å². The third-order valence-corrected chi connectivity index (χ3v) is 4.53. The molecule has 6 heteroatoms. The standard InChI is InChI=1S/C11H8FNO3S/c12-8-3-1-7(2-4-8)10-11-9(16-13-10)5-6-17(11,14)15/h1-6,9,11H/t9-,11+/m0/s1. The molecule has 0 aliphatic carbocycles. The predicted octanol–water partition coefficient (Wildman–Crippen LogP) is 1.24. The van der Waals surface area contributed by atoms with E-state index in [0.29, 0.717) is 11.3 Å². The van der Waals surface area contributed by atoms with Crippen LogP contribution in [0.4, 0.5) is 4.39 Å². The maximum atomic E-state index is 12.8. The number of hydrogen-bond acceptors (Lipinski definition) is 4. The van der Waals surface area contributed by atoms with Crippen LogP contribution in [0.1, 0.15) is 5.56 Å². The summed E-state index contributed by atoms with van der Waals surface area (Å²) in [5.41, 5.74) is 0.895. The van der Waals surface area contributed by atoms with E-state index in [1.54, 1.807) is 0 Å². The minimum absolute atomic E-state index is 0.333. The summed E-state index contributed by atoms with van der Waals surface area (Å²) in [5.74, 6) is -0.378. The lowest BCUT2D eigenvalue weighted by Gasteiger charge is -2.08. The number of sulfone groups is 1. The number of hydrogen-bond donors (Lipinski definition) is 0. The molecule has 1 aromatic rings. The van der Waals surface area contributed by atoms with Crippen LogP contribution in [0.15, 0.2) is 40.9 Å². The van der Waals surface area contributed by atoms with Crippen molar-refractivity contribution in [2.24, 2.45) is 5.16 Å². The van der Waals surface area contributed by atoms with Gasteiger partial charge < -0.3 is 4.84 Å². The minimum atomic E-state index is -3.36. The molecule has 4 nitrogen and oxygen atoms in total. The second-order valence-corrected chi connectivity index (χ2v) is 5.85. The van der Waals surface area contributed by atoms with Crippen LogP contribution >= 0.6 is 0 Å². The third-order valence-electron chi connectivity index (χ3n) is 2.79. The molecule has 0 radical (unpaired) electrons. The van der Waals surface area contributed by atoms with Crippen molar-refractivity contribution in [1.82, 2.24) is 0 Å². The summed E-state index contributed by atoms with van der Waals surface area (Å²) in [4.78, 5) is 5.04. The largest absolute Gasteiger partial charge is 0.386 e. The minimum Gasteiger partial charge on any atom is -0.386 e. The summed E-state index contributed by atoms with van der Waals surface area (Å²) in [6.07, 6.45) is 0.917. The van der Waals surface area contributed by atoms with Gasteiger partial charge in [0.15, 0.2) is 21.2 Å². The zero-order valence-electron chi connectivity index (χ0n) is 8.58. The molecular formula is C11H8FNO3S. The quantitative estimate of drug-likeness (QED) is 0.756. The van der Waals surface area contributed by atoms with Crippen molar-refractivity contribution < 1.29 is 17.6 Å². The fourth-order valence-corrected chi connectivity index (χ4v) is 3.52. The Morgan fingerprint density at radius 2 is 1.94 bits per heavy atom. The first kappa shape index (κ1) is 10.5. The number of nitrogens with zero attached hydrogens (tertiary/aromatic N) is 1. The molecule has 3 rings (SSSR count). The summed E-state index contributed by atoms with van der Waals surface area (Å²) in [6.45, 7) is 0. The van der Waals surface area contributed by atoms with Gasteiger partial charge in [0.2, 0.25) is 0 Å². The van der Waals surface area contributed by atoms with Gasteiger partial charge in [-0.25, -0.2) is 12.8 Å². The molecule has 1 aromatic carbocycles. The number of rotatable bonds is 1. The maximum Gasteiger partial charge on any atom is 0.184 e. The first-order valence-electron chi connectivity index (χ1n) is 5.00. The lowest BCUT2D eigenvalue weighted by Crippen LogP contribution is -2.31. The first-order valence-corrected chi connectivity index (χ1v) is 6.61. The van der Waals surface area contributed by atoms with Crippen LogP contribution < -0.4 is 0 Å². The summed E-state index contributed by atoms with van der Waals surface area (Å²) in [5, 5.41) is 4.12. The monoisotopic (exact) mass is 253 g/mol. The van der Waals surface area contributed by atoms with Crippen molar-refractivity contribution in [3.05, 3.63) is 47.1 Å². The molecule has 17 heavy (non-hydrogen) atoms. The summed E-state index contributed by atoms with van der Waals surface area (Å²) in [6, 6.07) is 5.52. The van der Waals surface area contributed by atoms with Crippen molar-refractivity contribution in [2.75, 3.05) is 0 Å². The van der Waals surface area contributed by atoms with Crippen LogP contribution in [-0.4, -0.2) is 25.5 Å². The Labute approximate surface area is 97.3 Å². The number of halogens is 1. The number of fused-ring (bicyclic) bond motifs is 1. The summed E-state index contributed by atoms with van der Waals surface area (Å²) < 4.78 is 36.3. The van der Waals surface area contributed by atoms with Crippen LogP contribution in [-0.2, 0) is 14.7 Å². The molecule has 2 aliphatic rings. The van der Waals surface area contributed by atoms with E-state index in [2.05, 4.69) is 5.16 Å². The fourth-order valence-electron chi connectivity index (χ4n) is 1.97. The van der Waals surface area contributed by atoms with Crippen molar-refractivity contribution >= 4 is 15.5 Å². The van der Waals surface area contributed by atoms with Crippen LogP contribution in [0.25, 0.3) is 0 Å². The fraction of sp³-hybridized carbons (Fsp3) is 0.182. The van der Waals surface area contributed by atoms with E-state index in [0.717, 1.165) is 5.41 Å². The molecule has 0 saturated heterocycles. The molecule has 2 heterocycles. The van der Waals surface area contributed by atoms with Gasteiger partial charge in [0.05, 0.1) is 0 Å². The highest BCUT2D eigenvalue weighted by Gasteiger charge is 2.46. The van der Waals surface area contributed by atoms with Gasteiger partial charge in [-0.15, -0.1) is 0 Å². The predicted molar refractivity (Wildman–Crippen MR) is 59.7 cm³/mol. The number of oxime groups is 1. The Morgan fingerprint density at radius 1 is 1.24 bits per heavy atom. The molecule has 0 unspecified atom stereocenters. The third kappa shape index (κ3) is 1.56. The average Bonchev–Trinajstić information content (AvgIpc) is 2.83. The van der Waals surface area contributed by atoms with E-state index in [1.807, 2.05) is 0 Å². The Kier molecular flexibility index (Phi) is 2.09. The van der Waals surface area contributed by atoms with Crippen LogP contribution in [0.2, 0.25) is 0 Å². The normalized spacial score (nSPS) is 28.6. The van der Waals surface area contributed by atoms with Gasteiger partial charge >= 0.3 is 0 Å². The molecular weight excluding hydrogens is 245 g/mol. The first-order chi connectivity index (χ1) is 8.08. The maximum absolute atomic E-state index is 12.8. The molecule has 0 aromatic heterocycles. The second-order valence-electron chi connectivity index (χ2n) is 3.89. The Balaban J connectivity index is 2.03. The van der Waals surface area contributed by atoms with E-state index in [1.165, 1.54) is 30.3 Å². The molecule has 2 atom stereocenters. The zero-order valence-corrected chi connectivity index (χ0v) is 9.39. The second kappa shape index (κ2) is 3.40. The van der Waals surface area contributed by atoms with Crippen LogP contribution in [0, 0.1) is 5.82 Å². The van der Waals surface area contributed by atoms with Crippen molar-refractivity contribution in [3.8, 4) is 0 Å². The molecule has 0 saturated carbocycles. The van der Waals surface area contributed by atoms with Crippen molar-refractivity contribution in [3.63, 3.8) is 0 Å². The van der Waals surface area contributed by atoms with Crippen LogP contribution in [0.5, 0.6) is 0 Å². The van der Waals surface area contributed by atoms with E-state index in [-0.39, 0.29) is 5.82 Å². The van der Waals surface area contributed by atoms with Gasteiger partial charge in [0.1, 0.15) is 11.5 Å². The van der Waals surface area contributed by atoms with E-state index in [4.69, 9.17) is 4.84 Å². The van der Waals surface area contributed by atoms with Gasteiger partial charge in [-0.2, -0.15) is 0 Å². The summed E-state index contributed by atoms with van der Waals surface area (Å²) in [7, 11) is -3.36. The summed E-state index contributed by atoms with van der Waals surface area (Å²) >= 11 is 0. The molecule has 88 valence electrons. The topological polar surface area (TPSA) is 55.7 Å². The van der Waals surface area contributed by atoms with Gasteiger partial charge in [-0.05, 0) is 18.2 Å². The Bertz CT molecular complexity index is 619. The molecule has 2 aliphatic heterocycles. The zero-order chi connectivity index (χ0) is 12.0. The number of benzene rings is 1. The highest BCUT2D eigenvalue weighted by atomic mass is 32.2. The van der Waals surface area contributed by atoms with Crippen LogP contribution in [0.3, 0.4) is 0 Å². The molecule has 0 spiro atoms. The highest BCUT2D eigenvalue weighted by molar-refractivity contribution is 7.96. The molecule has 0 fully saturated rings. The SMILES string of the molecule is O=S1(=O)C=C[C@@H]2ON=C(c3ccc(F)cc3)[C@@H]21. The van der Waals surface area contributed by atoms with Gasteiger partial charge in [-0.3, -0.25) is 0 Å². The lowest BCUT2D eigenvalue weighted by molar-refractivity contribution is 0.123. The smallest absolute Gasteiger partial charge is 0.184 e. The molecule has 0 N–H and O–H groups in total. The Hall–Kier alpha value is -1.69. The van der Waals surface area contributed by atoms with E-state index < -0.39 is 21.2 Å². The van der Waals surface area contributed by atoms with E-state index >= 15 is 0 Å². The van der Waals surface area contributed by atoms with Crippen molar-refractivity contribution in [2.45, 2.75) is 11.4 Å². The van der Waals surface area contributed by atoms with Gasteiger partial charge in [0, 0.05) is 11.0 Å². The molecule has 0 amide bonds. The van der Waals surface area contributed by atoms with Gasteiger partial charge in [-0.1, -0.05) is 17.3 Å². The van der Waals surface area contributed by atoms with Crippen molar-refractivity contribution in [1.29, 1.82) is 0 Å². The average molecular weight is 253 g/mol. The molecule has 0 bridgehead atoms. The highest BCUT2D eigenvalue weighted by Crippen LogP contribution is 2.30. The van der Waals surface area contributed by atoms with Gasteiger partial charge in [0.25, 0.3) is 0 Å².